The Labute approximate surface area is 145 Å². The summed E-state index contributed by atoms with van der Waals surface area (Å²) < 4.78 is 17.8. The van der Waals surface area contributed by atoms with E-state index in [0.717, 1.165) is 52.0 Å². The fourth-order valence-electron chi connectivity index (χ4n) is 4.74. The Morgan fingerprint density at radius 1 is 1.00 bits per heavy atom. The van der Waals surface area contributed by atoms with Gasteiger partial charge in [-0.15, -0.1) is 0 Å². The minimum atomic E-state index is -0.316. The molecule has 4 rings (SSSR count). The molecule has 2 saturated heterocycles. The van der Waals surface area contributed by atoms with Gasteiger partial charge in [0, 0.05) is 31.5 Å². The fraction of sp³-hybridized carbons (Fsp3) is 0.700. The molecule has 1 aliphatic carbocycles. The highest BCUT2D eigenvalue weighted by atomic mass is 16.7. The molecule has 1 aromatic carbocycles. The summed E-state index contributed by atoms with van der Waals surface area (Å²) in [6.07, 6.45) is 6.84. The highest BCUT2D eigenvalue weighted by Crippen LogP contribution is 2.48. The Morgan fingerprint density at radius 2 is 1.71 bits per heavy atom. The second-order valence-corrected chi connectivity index (χ2v) is 7.52. The zero-order chi connectivity index (χ0) is 16.5. The maximum atomic E-state index is 5.96. The molecule has 132 valence electrons. The maximum absolute atomic E-state index is 5.96. The van der Waals surface area contributed by atoms with Crippen LogP contribution < -0.4 is 0 Å². The molecule has 1 spiro atoms. The van der Waals surface area contributed by atoms with Crippen LogP contribution in [0.1, 0.15) is 44.1 Å². The lowest BCUT2D eigenvalue weighted by Crippen LogP contribution is -2.52. The quantitative estimate of drug-likeness (QED) is 0.847. The molecule has 1 atom stereocenters. The first-order valence-electron chi connectivity index (χ1n) is 9.39. The lowest BCUT2D eigenvalue weighted by atomic mass is 9.73. The number of hydrogen-bond donors (Lipinski definition) is 0. The van der Waals surface area contributed by atoms with Gasteiger partial charge < -0.3 is 14.2 Å². The third-order valence-electron chi connectivity index (χ3n) is 6.20. The minimum Gasteiger partial charge on any atom is -0.377 e. The zero-order valence-electron chi connectivity index (χ0n) is 14.7. The molecular weight excluding hydrogens is 302 g/mol. The van der Waals surface area contributed by atoms with Gasteiger partial charge in [0.1, 0.15) is 0 Å². The van der Waals surface area contributed by atoms with Crippen LogP contribution in [0.5, 0.6) is 0 Å². The van der Waals surface area contributed by atoms with Crippen LogP contribution in [-0.4, -0.2) is 50.2 Å². The smallest absolute Gasteiger partial charge is 0.168 e. The standard InChI is InChI=1S/C20H29NO3/c1-21(16-18-8-5-13-22-18)19(17-6-3-2-4-7-17)9-11-20(12-10-19)23-14-15-24-20/h2-4,6-7,18H,5,8-16H2,1H3. The van der Waals surface area contributed by atoms with Gasteiger partial charge in [-0.3, -0.25) is 4.90 Å². The van der Waals surface area contributed by atoms with Crippen molar-refractivity contribution in [3.63, 3.8) is 0 Å². The maximum Gasteiger partial charge on any atom is 0.168 e. The van der Waals surface area contributed by atoms with Gasteiger partial charge in [-0.25, -0.2) is 0 Å². The van der Waals surface area contributed by atoms with Crippen LogP contribution in [0.25, 0.3) is 0 Å². The van der Waals surface area contributed by atoms with Gasteiger partial charge in [0.2, 0.25) is 0 Å². The first kappa shape index (κ1) is 16.5. The van der Waals surface area contributed by atoms with E-state index in [1.165, 1.54) is 18.4 Å². The molecule has 24 heavy (non-hydrogen) atoms. The summed E-state index contributed by atoms with van der Waals surface area (Å²) in [5, 5.41) is 0. The molecule has 0 N–H and O–H groups in total. The Hall–Kier alpha value is -0.940. The van der Waals surface area contributed by atoms with Gasteiger partial charge in [-0.1, -0.05) is 30.3 Å². The second-order valence-electron chi connectivity index (χ2n) is 7.52. The molecule has 4 heteroatoms. The first-order valence-corrected chi connectivity index (χ1v) is 9.39. The van der Waals surface area contributed by atoms with Crippen LogP contribution in [0.4, 0.5) is 0 Å². The summed E-state index contributed by atoms with van der Waals surface area (Å²) in [6.45, 7) is 3.40. The Balaban J connectivity index is 1.56. The van der Waals surface area contributed by atoms with Crippen LogP contribution in [0.3, 0.4) is 0 Å². The summed E-state index contributed by atoms with van der Waals surface area (Å²) in [5.41, 5.74) is 1.48. The molecule has 1 saturated carbocycles. The molecule has 4 nitrogen and oxygen atoms in total. The summed E-state index contributed by atoms with van der Waals surface area (Å²) in [5.74, 6) is -0.316. The summed E-state index contributed by atoms with van der Waals surface area (Å²) >= 11 is 0. The second kappa shape index (κ2) is 6.75. The minimum absolute atomic E-state index is 0.0633. The van der Waals surface area contributed by atoms with Gasteiger partial charge in [0.05, 0.1) is 19.3 Å². The Kier molecular flexibility index (Phi) is 4.65. The van der Waals surface area contributed by atoms with Crippen molar-refractivity contribution >= 4 is 0 Å². The Bertz CT molecular complexity index is 525. The van der Waals surface area contributed by atoms with E-state index in [1.807, 2.05) is 0 Å². The van der Waals surface area contributed by atoms with Crippen LogP contribution in [0.2, 0.25) is 0 Å². The molecule has 0 bridgehead atoms. The van der Waals surface area contributed by atoms with Crippen molar-refractivity contribution in [2.24, 2.45) is 0 Å². The molecule has 1 aromatic rings. The number of hydrogen-bond acceptors (Lipinski definition) is 4. The van der Waals surface area contributed by atoms with Gasteiger partial charge in [-0.2, -0.15) is 0 Å². The normalized spacial score (nSPS) is 28.7. The number of likely N-dealkylation sites (N-methyl/N-ethyl adjacent to an activating group) is 1. The molecule has 0 aromatic heterocycles. The molecule has 1 unspecified atom stereocenters. The highest BCUT2D eigenvalue weighted by molar-refractivity contribution is 5.26. The lowest BCUT2D eigenvalue weighted by Gasteiger charge is -2.49. The molecule has 2 heterocycles. The average Bonchev–Trinajstić information content (AvgIpc) is 3.29. The van der Waals surface area contributed by atoms with E-state index in [9.17, 15) is 0 Å². The van der Waals surface area contributed by atoms with E-state index in [-0.39, 0.29) is 11.3 Å². The molecule has 0 radical (unpaired) electrons. The molecule has 3 aliphatic rings. The zero-order valence-corrected chi connectivity index (χ0v) is 14.7. The number of ether oxygens (including phenoxy) is 3. The van der Waals surface area contributed by atoms with Crippen molar-refractivity contribution in [2.45, 2.75) is 56.0 Å². The van der Waals surface area contributed by atoms with E-state index in [4.69, 9.17) is 14.2 Å². The number of benzene rings is 1. The third-order valence-corrected chi connectivity index (χ3v) is 6.20. The van der Waals surface area contributed by atoms with E-state index in [0.29, 0.717) is 6.10 Å². The van der Waals surface area contributed by atoms with Crippen molar-refractivity contribution in [1.82, 2.24) is 4.90 Å². The number of nitrogens with zero attached hydrogens (tertiary/aromatic N) is 1. The van der Waals surface area contributed by atoms with E-state index < -0.39 is 0 Å². The van der Waals surface area contributed by atoms with Crippen LogP contribution in [-0.2, 0) is 19.7 Å². The molecule has 0 amide bonds. The summed E-state index contributed by atoms with van der Waals surface area (Å²) in [6, 6.07) is 11.0. The summed E-state index contributed by atoms with van der Waals surface area (Å²) in [7, 11) is 2.27. The summed E-state index contributed by atoms with van der Waals surface area (Å²) in [4.78, 5) is 2.54. The van der Waals surface area contributed by atoms with Gasteiger partial charge >= 0.3 is 0 Å². The molecule has 3 fully saturated rings. The molecular formula is C20H29NO3. The van der Waals surface area contributed by atoms with Crippen molar-refractivity contribution in [3.05, 3.63) is 35.9 Å². The van der Waals surface area contributed by atoms with E-state index in [2.05, 4.69) is 42.3 Å². The van der Waals surface area contributed by atoms with Crippen molar-refractivity contribution in [3.8, 4) is 0 Å². The predicted octanol–water partition coefficient (Wildman–Crippen LogP) is 3.31. The molecule has 2 aliphatic heterocycles. The van der Waals surface area contributed by atoms with E-state index in [1.54, 1.807) is 0 Å². The lowest BCUT2D eigenvalue weighted by molar-refractivity contribution is -0.195. The monoisotopic (exact) mass is 331 g/mol. The third kappa shape index (κ3) is 3.01. The van der Waals surface area contributed by atoms with Gasteiger partial charge in [0.25, 0.3) is 0 Å². The van der Waals surface area contributed by atoms with Crippen LogP contribution >= 0.6 is 0 Å². The largest absolute Gasteiger partial charge is 0.377 e. The predicted molar refractivity (Wildman–Crippen MR) is 92.8 cm³/mol. The number of rotatable bonds is 4. The van der Waals surface area contributed by atoms with Crippen LogP contribution in [0, 0.1) is 0 Å². The Morgan fingerprint density at radius 3 is 2.33 bits per heavy atom. The van der Waals surface area contributed by atoms with Crippen molar-refractivity contribution in [2.75, 3.05) is 33.4 Å². The van der Waals surface area contributed by atoms with Gasteiger partial charge in [0.15, 0.2) is 5.79 Å². The SMILES string of the molecule is CN(CC1CCCO1)C1(c2ccccc2)CCC2(CC1)OCCO2. The average molecular weight is 331 g/mol. The van der Waals surface area contributed by atoms with Crippen molar-refractivity contribution < 1.29 is 14.2 Å². The topological polar surface area (TPSA) is 30.9 Å². The highest BCUT2D eigenvalue weighted by Gasteiger charge is 2.49. The van der Waals surface area contributed by atoms with Gasteiger partial charge in [-0.05, 0) is 38.3 Å². The van der Waals surface area contributed by atoms with E-state index >= 15 is 0 Å². The first-order chi connectivity index (χ1) is 11.7. The fourth-order valence-corrected chi connectivity index (χ4v) is 4.74. The van der Waals surface area contributed by atoms with Crippen molar-refractivity contribution in [1.29, 1.82) is 0 Å². The van der Waals surface area contributed by atoms with Crippen LogP contribution in [0.15, 0.2) is 30.3 Å².